The summed E-state index contributed by atoms with van der Waals surface area (Å²) in [4.78, 5) is 16.9. The molecule has 23 heavy (non-hydrogen) atoms. The third kappa shape index (κ3) is 2.91. The molecule has 4 heteroatoms. The number of halogens is 1. The van der Waals surface area contributed by atoms with Crippen LogP contribution in [0.5, 0.6) is 0 Å². The highest BCUT2D eigenvalue weighted by Crippen LogP contribution is 2.34. The van der Waals surface area contributed by atoms with Crippen molar-refractivity contribution in [1.82, 2.24) is 0 Å². The molecule has 0 unspecified atom stereocenters. The summed E-state index contributed by atoms with van der Waals surface area (Å²) in [6, 6.07) is 5.69. The first kappa shape index (κ1) is 14.9. The van der Waals surface area contributed by atoms with Crippen molar-refractivity contribution in [3.05, 3.63) is 52.2 Å². The summed E-state index contributed by atoms with van der Waals surface area (Å²) in [5.41, 5.74) is 5.16. The van der Waals surface area contributed by atoms with Gasteiger partial charge in [0.25, 0.3) is 0 Å². The summed E-state index contributed by atoms with van der Waals surface area (Å²) in [6.45, 7) is 1.65. The molecule has 0 aromatic heterocycles. The number of Topliss-reactive ketones (excluding diaryl/α,β-unsaturated/α-hetero) is 1. The van der Waals surface area contributed by atoms with Gasteiger partial charge in [0.2, 0.25) is 0 Å². The molecule has 0 spiro atoms. The first-order valence-electron chi connectivity index (χ1n) is 8.08. The second-order valence-corrected chi connectivity index (χ2v) is 6.78. The van der Waals surface area contributed by atoms with Gasteiger partial charge in [-0.2, -0.15) is 0 Å². The van der Waals surface area contributed by atoms with E-state index < -0.39 is 0 Å². The Labute approximate surface area is 140 Å². The van der Waals surface area contributed by atoms with Crippen LogP contribution in [-0.4, -0.2) is 24.7 Å². The molecule has 4 rings (SSSR count). The Kier molecular flexibility index (Phi) is 3.92. The van der Waals surface area contributed by atoms with Crippen molar-refractivity contribution in [2.45, 2.75) is 25.7 Å². The molecular formula is C19H18ClNO2. The topological polar surface area (TPSA) is 38.7 Å². The summed E-state index contributed by atoms with van der Waals surface area (Å²) >= 11 is 6.09. The van der Waals surface area contributed by atoms with Crippen LogP contribution in [0.1, 0.15) is 30.4 Å². The van der Waals surface area contributed by atoms with Gasteiger partial charge >= 0.3 is 0 Å². The third-order valence-corrected chi connectivity index (χ3v) is 5.05. The van der Waals surface area contributed by atoms with E-state index in [1.54, 1.807) is 0 Å². The van der Waals surface area contributed by atoms with E-state index in [0.717, 1.165) is 54.7 Å². The maximum absolute atomic E-state index is 12.3. The Bertz CT molecular complexity index is 755. The van der Waals surface area contributed by atoms with Crippen LogP contribution < -0.4 is 0 Å². The highest BCUT2D eigenvalue weighted by Gasteiger charge is 2.27. The van der Waals surface area contributed by atoms with E-state index in [0.29, 0.717) is 17.4 Å². The monoisotopic (exact) mass is 327 g/mol. The number of rotatable bonds is 2. The standard InChI is InChI=1S/C19H18ClNO2/c20-15-2-1-14-9-19(22)17(16(14)10-15)7-12-8-18(21-11-12)13-3-5-23-6-4-13/h1-2,7,10-11,13H,3-6,8-9H2/b17-7-. The molecule has 3 aliphatic rings. The normalized spacial score (nSPS) is 23.2. The highest BCUT2D eigenvalue weighted by atomic mass is 35.5. The SMILES string of the molecule is O=C1Cc2ccc(Cl)cc2/C1=C/C1=CN=C(C2CCOCC2)C1. The number of carbonyl (C=O) groups excluding carboxylic acids is 1. The zero-order valence-electron chi connectivity index (χ0n) is 12.8. The fourth-order valence-electron chi connectivity index (χ4n) is 3.55. The van der Waals surface area contributed by atoms with Crippen molar-refractivity contribution < 1.29 is 9.53 Å². The number of fused-ring (bicyclic) bond motifs is 1. The van der Waals surface area contributed by atoms with Crippen LogP contribution in [0.3, 0.4) is 0 Å². The summed E-state index contributed by atoms with van der Waals surface area (Å²) < 4.78 is 5.42. The van der Waals surface area contributed by atoms with Crippen molar-refractivity contribution in [2.24, 2.45) is 10.9 Å². The van der Waals surface area contributed by atoms with E-state index in [4.69, 9.17) is 16.3 Å². The molecule has 1 saturated heterocycles. The lowest BCUT2D eigenvalue weighted by atomic mass is 9.91. The first-order valence-corrected chi connectivity index (χ1v) is 8.45. The number of allylic oxidation sites excluding steroid dienone is 3. The Balaban J connectivity index is 1.54. The lowest BCUT2D eigenvalue weighted by Crippen LogP contribution is -2.22. The van der Waals surface area contributed by atoms with Crippen LogP contribution in [0.2, 0.25) is 5.02 Å². The van der Waals surface area contributed by atoms with Gasteiger partial charge in [-0.1, -0.05) is 17.7 Å². The van der Waals surface area contributed by atoms with Crippen LogP contribution in [-0.2, 0) is 16.0 Å². The van der Waals surface area contributed by atoms with Crippen molar-refractivity contribution in [3.8, 4) is 0 Å². The highest BCUT2D eigenvalue weighted by molar-refractivity contribution is 6.32. The molecule has 0 amide bonds. The minimum absolute atomic E-state index is 0.169. The summed E-state index contributed by atoms with van der Waals surface area (Å²) in [5, 5.41) is 0.670. The van der Waals surface area contributed by atoms with Gasteiger partial charge in [0.15, 0.2) is 5.78 Å². The van der Waals surface area contributed by atoms with Crippen LogP contribution in [0, 0.1) is 5.92 Å². The molecule has 2 aliphatic heterocycles. The number of carbonyl (C=O) groups is 1. The predicted molar refractivity (Wildman–Crippen MR) is 91.8 cm³/mol. The van der Waals surface area contributed by atoms with E-state index in [1.165, 1.54) is 5.71 Å². The lowest BCUT2D eigenvalue weighted by molar-refractivity contribution is -0.112. The maximum Gasteiger partial charge on any atom is 0.167 e. The molecule has 0 radical (unpaired) electrons. The van der Waals surface area contributed by atoms with E-state index in [1.807, 2.05) is 30.5 Å². The molecule has 1 aliphatic carbocycles. The molecule has 0 atom stereocenters. The number of benzene rings is 1. The molecule has 0 saturated carbocycles. The van der Waals surface area contributed by atoms with Crippen LogP contribution >= 0.6 is 11.6 Å². The molecule has 3 nitrogen and oxygen atoms in total. The fourth-order valence-corrected chi connectivity index (χ4v) is 3.72. The van der Waals surface area contributed by atoms with Gasteiger partial charge in [-0.05, 0) is 47.8 Å². The number of hydrogen-bond acceptors (Lipinski definition) is 3. The van der Waals surface area contributed by atoms with E-state index >= 15 is 0 Å². The fraction of sp³-hybridized carbons (Fsp3) is 0.368. The van der Waals surface area contributed by atoms with Crippen LogP contribution in [0.25, 0.3) is 5.57 Å². The molecule has 1 fully saturated rings. The summed E-state index contributed by atoms with van der Waals surface area (Å²) in [6.07, 6.45) is 7.33. The number of hydrogen-bond donors (Lipinski definition) is 0. The summed E-state index contributed by atoms with van der Waals surface area (Å²) in [7, 11) is 0. The smallest absolute Gasteiger partial charge is 0.167 e. The Morgan fingerprint density at radius 1 is 1.22 bits per heavy atom. The quantitative estimate of drug-likeness (QED) is 0.770. The zero-order chi connectivity index (χ0) is 15.8. The van der Waals surface area contributed by atoms with Gasteiger partial charge in [-0.15, -0.1) is 0 Å². The average Bonchev–Trinajstić information content (AvgIpc) is 3.15. The van der Waals surface area contributed by atoms with E-state index in [2.05, 4.69) is 4.99 Å². The molecule has 1 aromatic rings. The minimum atomic E-state index is 0.169. The zero-order valence-corrected chi connectivity index (χ0v) is 13.6. The second-order valence-electron chi connectivity index (χ2n) is 6.35. The van der Waals surface area contributed by atoms with Gasteiger partial charge in [0, 0.05) is 54.5 Å². The van der Waals surface area contributed by atoms with Crippen molar-refractivity contribution in [3.63, 3.8) is 0 Å². The first-order chi connectivity index (χ1) is 11.2. The second kappa shape index (κ2) is 6.06. The molecule has 118 valence electrons. The molecule has 2 heterocycles. The summed E-state index contributed by atoms with van der Waals surface area (Å²) in [5.74, 6) is 0.694. The van der Waals surface area contributed by atoms with Gasteiger partial charge in [0.1, 0.15) is 0 Å². The largest absolute Gasteiger partial charge is 0.381 e. The molecular weight excluding hydrogens is 310 g/mol. The lowest BCUT2D eigenvalue weighted by Gasteiger charge is -2.22. The van der Waals surface area contributed by atoms with Crippen LogP contribution in [0.15, 0.2) is 41.0 Å². The van der Waals surface area contributed by atoms with E-state index in [-0.39, 0.29) is 5.78 Å². The number of aliphatic imine (C=N–C) groups is 1. The molecule has 1 aromatic carbocycles. The Morgan fingerprint density at radius 3 is 2.87 bits per heavy atom. The molecule has 0 N–H and O–H groups in total. The van der Waals surface area contributed by atoms with Crippen molar-refractivity contribution in [2.75, 3.05) is 13.2 Å². The Hall–Kier alpha value is -1.71. The van der Waals surface area contributed by atoms with Gasteiger partial charge < -0.3 is 4.74 Å². The molecule has 0 bridgehead atoms. The Morgan fingerprint density at radius 2 is 2.04 bits per heavy atom. The third-order valence-electron chi connectivity index (χ3n) is 4.82. The number of nitrogens with zero attached hydrogens (tertiary/aromatic N) is 1. The van der Waals surface area contributed by atoms with Gasteiger partial charge in [-0.3, -0.25) is 9.79 Å². The minimum Gasteiger partial charge on any atom is -0.381 e. The van der Waals surface area contributed by atoms with Gasteiger partial charge in [0.05, 0.1) is 0 Å². The van der Waals surface area contributed by atoms with Gasteiger partial charge in [-0.25, -0.2) is 0 Å². The van der Waals surface area contributed by atoms with Crippen LogP contribution in [0.4, 0.5) is 0 Å². The van der Waals surface area contributed by atoms with E-state index in [9.17, 15) is 4.79 Å². The maximum atomic E-state index is 12.3. The number of ketones is 1. The number of ether oxygens (including phenoxy) is 1. The van der Waals surface area contributed by atoms with Crippen molar-refractivity contribution in [1.29, 1.82) is 0 Å². The van der Waals surface area contributed by atoms with Crippen molar-refractivity contribution >= 4 is 28.7 Å². The predicted octanol–water partition coefficient (Wildman–Crippen LogP) is 4.00. The average molecular weight is 328 g/mol.